The van der Waals surface area contributed by atoms with Crippen molar-refractivity contribution in [1.29, 1.82) is 0 Å². The van der Waals surface area contributed by atoms with E-state index >= 15 is 0 Å². The van der Waals surface area contributed by atoms with Gasteiger partial charge in [0.15, 0.2) is 0 Å². The van der Waals surface area contributed by atoms with E-state index in [0.717, 1.165) is 24.3 Å². The van der Waals surface area contributed by atoms with Crippen LogP contribution in [0.15, 0.2) is 17.5 Å². The Hall–Kier alpha value is -1.60. The van der Waals surface area contributed by atoms with Gasteiger partial charge in [-0.3, -0.25) is 4.79 Å². The Balaban J connectivity index is 1.65. The fraction of sp³-hybridized carbons (Fsp3) is 0.571. The van der Waals surface area contributed by atoms with Crippen molar-refractivity contribution in [3.8, 4) is 0 Å². The SMILES string of the molecule is O=C1NCCN(C(=O)NC[C@H]2CCCO2)[C@H]1c1cccs1. The second-order valence-electron chi connectivity index (χ2n) is 5.22. The summed E-state index contributed by atoms with van der Waals surface area (Å²) in [4.78, 5) is 27.0. The van der Waals surface area contributed by atoms with Crippen molar-refractivity contribution in [2.75, 3.05) is 26.2 Å². The van der Waals surface area contributed by atoms with Crippen molar-refractivity contribution in [1.82, 2.24) is 15.5 Å². The second-order valence-corrected chi connectivity index (χ2v) is 6.20. The fourth-order valence-corrected chi connectivity index (χ4v) is 3.56. The van der Waals surface area contributed by atoms with Crippen LogP contribution in [0.25, 0.3) is 0 Å². The summed E-state index contributed by atoms with van der Waals surface area (Å²) in [5.74, 6) is -0.115. The molecule has 1 aromatic heterocycles. The summed E-state index contributed by atoms with van der Waals surface area (Å²) in [6.45, 7) is 2.29. The third-order valence-corrected chi connectivity index (χ3v) is 4.72. The number of amides is 3. The topological polar surface area (TPSA) is 70.7 Å². The van der Waals surface area contributed by atoms with Crippen LogP contribution in [-0.4, -0.2) is 49.2 Å². The van der Waals surface area contributed by atoms with E-state index in [1.807, 2.05) is 17.5 Å². The van der Waals surface area contributed by atoms with Crippen LogP contribution in [-0.2, 0) is 9.53 Å². The van der Waals surface area contributed by atoms with Crippen molar-refractivity contribution in [2.24, 2.45) is 0 Å². The maximum Gasteiger partial charge on any atom is 0.318 e. The summed E-state index contributed by atoms with van der Waals surface area (Å²) < 4.78 is 5.50. The van der Waals surface area contributed by atoms with E-state index in [-0.39, 0.29) is 18.0 Å². The van der Waals surface area contributed by atoms with Crippen LogP contribution in [0.2, 0.25) is 0 Å². The zero-order chi connectivity index (χ0) is 14.7. The summed E-state index contributed by atoms with van der Waals surface area (Å²) in [5.41, 5.74) is 0. The molecule has 2 atom stereocenters. The molecule has 1 aromatic rings. The first-order chi connectivity index (χ1) is 10.3. The Morgan fingerprint density at radius 3 is 3.19 bits per heavy atom. The minimum atomic E-state index is -0.525. The molecular formula is C14H19N3O3S. The zero-order valence-corrected chi connectivity index (χ0v) is 12.5. The van der Waals surface area contributed by atoms with Crippen LogP contribution in [0.1, 0.15) is 23.8 Å². The van der Waals surface area contributed by atoms with Crippen LogP contribution in [0.3, 0.4) is 0 Å². The number of carbonyl (C=O) groups is 2. The van der Waals surface area contributed by atoms with Gasteiger partial charge in [0, 0.05) is 31.1 Å². The summed E-state index contributed by atoms with van der Waals surface area (Å²) in [6, 6.07) is 3.06. The van der Waals surface area contributed by atoms with Crippen LogP contribution < -0.4 is 10.6 Å². The number of thiophene rings is 1. The van der Waals surface area contributed by atoms with Gasteiger partial charge in [-0.2, -0.15) is 0 Å². The minimum absolute atomic E-state index is 0.104. The quantitative estimate of drug-likeness (QED) is 0.879. The number of hydrogen-bond donors (Lipinski definition) is 2. The molecule has 3 amide bonds. The summed E-state index contributed by atoms with van der Waals surface area (Å²) in [6.07, 6.45) is 2.13. The molecule has 2 aliphatic rings. The number of urea groups is 1. The molecule has 7 heteroatoms. The highest BCUT2D eigenvalue weighted by molar-refractivity contribution is 7.10. The van der Waals surface area contributed by atoms with E-state index in [2.05, 4.69) is 10.6 Å². The Labute approximate surface area is 127 Å². The van der Waals surface area contributed by atoms with E-state index in [0.29, 0.717) is 19.6 Å². The highest BCUT2D eigenvalue weighted by Gasteiger charge is 2.35. The monoisotopic (exact) mass is 309 g/mol. The summed E-state index contributed by atoms with van der Waals surface area (Å²) in [7, 11) is 0. The van der Waals surface area contributed by atoms with Gasteiger partial charge in [0.1, 0.15) is 6.04 Å². The molecule has 0 spiro atoms. The van der Waals surface area contributed by atoms with Gasteiger partial charge in [0.2, 0.25) is 5.91 Å². The van der Waals surface area contributed by atoms with Crippen molar-refractivity contribution in [3.05, 3.63) is 22.4 Å². The van der Waals surface area contributed by atoms with E-state index in [9.17, 15) is 9.59 Å². The number of ether oxygens (including phenoxy) is 1. The third-order valence-electron chi connectivity index (χ3n) is 3.79. The molecule has 3 heterocycles. The van der Waals surface area contributed by atoms with Crippen molar-refractivity contribution in [2.45, 2.75) is 25.0 Å². The van der Waals surface area contributed by atoms with Gasteiger partial charge in [-0.25, -0.2) is 4.79 Å². The predicted molar refractivity (Wildman–Crippen MR) is 79.1 cm³/mol. The smallest absolute Gasteiger partial charge is 0.318 e. The molecule has 0 bridgehead atoms. The van der Waals surface area contributed by atoms with Crippen LogP contribution in [0, 0.1) is 0 Å². The molecule has 0 radical (unpaired) electrons. The molecule has 2 N–H and O–H groups in total. The lowest BCUT2D eigenvalue weighted by atomic mass is 10.1. The average molecular weight is 309 g/mol. The molecule has 0 unspecified atom stereocenters. The standard InChI is InChI=1S/C14H19N3O3S/c18-13-12(11-4-2-8-21-11)17(6-5-15-13)14(19)16-9-10-3-1-7-20-10/h2,4,8,10,12H,1,3,5-7,9H2,(H,15,18)(H,16,19)/t10-,12+/m1/s1. The average Bonchev–Trinajstić information content (AvgIpc) is 3.17. The van der Waals surface area contributed by atoms with E-state index in [4.69, 9.17) is 4.74 Å². The first-order valence-corrected chi connectivity index (χ1v) is 8.11. The number of nitrogens with one attached hydrogen (secondary N) is 2. The second kappa shape index (κ2) is 6.44. The number of piperazine rings is 1. The lowest BCUT2D eigenvalue weighted by molar-refractivity contribution is -0.127. The third kappa shape index (κ3) is 3.19. The van der Waals surface area contributed by atoms with Crippen LogP contribution >= 0.6 is 11.3 Å². The fourth-order valence-electron chi connectivity index (χ4n) is 2.72. The van der Waals surface area contributed by atoms with Gasteiger partial charge >= 0.3 is 6.03 Å². The predicted octanol–water partition coefficient (Wildman–Crippen LogP) is 1.11. The molecule has 3 rings (SSSR count). The largest absolute Gasteiger partial charge is 0.376 e. The summed E-state index contributed by atoms with van der Waals surface area (Å²) >= 11 is 1.49. The lowest BCUT2D eigenvalue weighted by Gasteiger charge is -2.34. The number of hydrogen-bond acceptors (Lipinski definition) is 4. The molecule has 21 heavy (non-hydrogen) atoms. The van der Waals surface area contributed by atoms with E-state index < -0.39 is 6.04 Å². The molecular weight excluding hydrogens is 290 g/mol. The van der Waals surface area contributed by atoms with Gasteiger partial charge in [0.25, 0.3) is 0 Å². The van der Waals surface area contributed by atoms with Gasteiger partial charge in [-0.15, -0.1) is 11.3 Å². The molecule has 2 saturated heterocycles. The highest BCUT2D eigenvalue weighted by Crippen LogP contribution is 2.27. The maximum atomic E-state index is 12.4. The highest BCUT2D eigenvalue weighted by atomic mass is 32.1. The van der Waals surface area contributed by atoms with Gasteiger partial charge in [0.05, 0.1) is 6.10 Å². The Kier molecular flexibility index (Phi) is 4.40. The molecule has 2 fully saturated rings. The van der Waals surface area contributed by atoms with Crippen molar-refractivity contribution < 1.29 is 14.3 Å². The number of nitrogens with zero attached hydrogens (tertiary/aromatic N) is 1. The Morgan fingerprint density at radius 2 is 2.48 bits per heavy atom. The van der Waals surface area contributed by atoms with Gasteiger partial charge < -0.3 is 20.3 Å². The van der Waals surface area contributed by atoms with E-state index in [1.165, 1.54) is 11.3 Å². The van der Waals surface area contributed by atoms with Crippen LogP contribution in [0.4, 0.5) is 4.79 Å². The number of rotatable bonds is 3. The normalized spacial score (nSPS) is 25.7. The molecule has 0 aromatic carbocycles. The number of carbonyl (C=O) groups excluding carboxylic acids is 2. The molecule has 6 nitrogen and oxygen atoms in total. The molecule has 114 valence electrons. The first-order valence-electron chi connectivity index (χ1n) is 7.23. The van der Waals surface area contributed by atoms with Gasteiger partial charge in [-0.05, 0) is 24.3 Å². The molecule has 0 aliphatic carbocycles. The summed E-state index contributed by atoms with van der Waals surface area (Å²) in [5, 5.41) is 7.63. The molecule has 2 aliphatic heterocycles. The van der Waals surface area contributed by atoms with Gasteiger partial charge in [-0.1, -0.05) is 6.07 Å². The Morgan fingerprint density at radius 1 is 1.57 bits per heavy atom. The van der Waals surface area contributed by atoms with Crippen molar-refractivity contribution >= 4 is 23.3 Å². The zero-order valence-electron chi connectivity index (χ0n) is 11.7. The minimum Gasteiger partial charge on any atom is -0.376 e. The van der Waals surface area contributed by atoms with Crippen LogP contribution in [0.5, 0.6) is 0 Å². The lowest BCUT2D eigenvalue weighted by Crippen LogP contribution is -2.55. The maximum absolute atomic E-state index is 12.4. The molecule has 0 saturated carbocycles. The Bertz CT molecular complexity index is 500. The first kappa shape index (κ1) is 14.3. The van der Waals surface area contributed by atoms with E-state index in [1.54, 1.807) is 4.90 Å². The van der Waals surface area contributed by atoms with Crippen molar-refractivity contribution in [3.63, 3.8) is 0 Å².